The minimum absolute atomic E-state index is 0.457. The van der Waals surface area contributed by atoms with E-state index in [9.17, 15) is 9.59 Å². The summed E-state index contributed by atoms with van der Waals surface area (Å²) in [5.41, 5.74) is 2.76. The van der Waals surface area contributed by atoms with Gasteiger partial charge in [0.15, 0.2) is 6.29 Å². The number of rotatable bonds is 2. The Labute approximate surface area is 146 Å². The SMILES string of the molecule is Cc1nn(C)c(-c2cn(C(=O)OC(C)(C)C)c3ccccc23)c1C=O. The Balaban J connectivity index is 2.25. The lowest BCUT2D eigenvalue weighted by Gasteiger charge is -2.19. The highest BCUT2D eigenvalue weighted by Gasteiger charge is 2.24. The largest absolute Gasteiger partial charge is 0.443 e. The molecule has 6 nitrogen and oxygen atoms in total. The number of hydrogen-bond acceptors (Lipinski definition) is 4. The van der Waals surface area contributed by atoms with Crippen molar-refractivity contribution in [3.63, 3.8) is 0 Å². The van der Waals surface area contributed by atoms with Gasteiger partial charge in [-0.2, -0.15) is 5.10 Å². The van der Waals surface area contributed by atoms with Crippen LogP contribution in [0.5, 0.6) is 0 Å². The van der Waals surface area contributed by atoms with E-state index in [0.29, 0.717) is 17.0 Å². The maximum atomic E-state index is 12.6. The fourth-order valence-corrected chi connectivity index (χ4v) is 2.97. The van der Waals surface area contributed by atoms with Gasteiger partial charge in [0.2, 0.25) is 0 Å². The van der Waals surface area contributed by atoms with E-state index in [1.54, 1.807) is 24.9 Å². The zero-order chi connectivity index (χ0) is 18.4. The molecule has 130 valence electrons. The first kappa shape index (κ1) is 17.0. The Morgan fingerprint density at radius 3 is 2.56 bits per heavy atom. The van der Waals surface area contributed by atoms with Crippen LogP contribution in [0.3, 0.4) is 0 Å². The molecule has 25 heavy (non-hydrogen) atoms. The van der Waals surface area contributed by atoms with Crippen LogP contribution in [0.2, 0.25) is 0 Å². The maximum absolute atomic E-state index is 12.6. The van der Waals surface area contributed by atoms with Gasteiger partial charge in [-0.15, -0.1) is 0 Å². The summed E-state index contributed by atoms with van der Waals surface area (Å²) < 4.78 is 8.65. The number of nitrogens with zero attached hydrogens (tertiary/aromatic N) is 3. The van der Waals surface area contributed by atoms with Gasteiger partial charge in [-0.05, 0) is 33.8 Å². The van der Waals surface area contributed by atoms with E-state index in [2.05, 4.69) is 5.10 Å². The summed E-state index contributed by atoms with van der Waals surface area (Å²) in [6, 6.07) is 7.53. The van der Waals surface area contributed by atoms with E-state index in [4.69, 9.17) is 4.74 Å². The zero-order valence-corrected chi connectivity index (χ0v) is 15.0. The summed E-state index contributed by atoms with van der Waals surface area (Å²) in [6.45, 7) is 7.27. The maximum Gasteiger partial charge on any atom is 0.419 e. The molecule has 0 amide bonds. The van der Waals surface area contributed by atoms with Crippen molar-refractivity contribution in [1.29, 1.82) is 0 Å². The molecule has 0 atom stereocenters. The van der Waals surface area contributed by atoms with E-state index in [0.717, 1.165) is 22.8 Å². The van der Waals surface area contributed by atoms with Crippen LogP contribution in [0, 0.1) is 6.92 Å². The molecule has 0 spiro atoms. The monoisotopic (exact) mass is 339 g/mol. The molecular formula is C19H21N3O3. The van der Waals surface area contributed by atoms with Crippen LogP contribution in [-0.2, 0) is 11.8 Å². The Hall–Kier alpha value is -2.89. The molecule has 0 saturated heterocycles. The van der Waals surface area contributed by atoms with E-state index in [1.807, 2.05) is 45.0 Å². The predicted octanol–water partition coefficient (Wildman–Crippen LogP) is 3.95. The Kier molecular flexibility index (Phi) is 3.99. The molecule has 2 aromatic heterocycles. The van der Waals surface area contributed by atoms with E-state index < -0.39 is 11.7 Å². The standard InChI is InChI=1S/C19H21N3O3/c1-12-15(11-23)17(21(5)20-12)14-10-22(18(24)25-19(2,3)4)16-9-7-6-8-13(14)16/h6-11H,1-5H3. The lowest BCUT2D eigenvalue weighted by Crippen LogP contribution is -2.26. The van der Waals surface area contributed by atoms with Crippen molar-refractivity contribution in [3.8, 4) is 11.3 Å². The molecule has 0 fully saturated rings. The first-order valence-corrected chi connectivity index (χ1v) is 8.05. The van der Waals surface area contributed by atoms with E-state index in [-0.39, 0.29) is 0 Å². The summed E-state index contributed by atoms with van der Waals surface area (Å²) in [5.74, 6) is 0. The molecule has 0 N–H and O–H groups in total. The van der Waals surface area contributed by atoms with Gasteiger partial charge >= 0.3 is 6.09 Å². The molecule has 0 aliphatic heterocycles. The third-order valence-electron chi connectivity index (χ3n) is 3.94. The quantitative estimate of drug-likeness (QED) is 0.663. The molecule has 3 aromatic rings. The number of aromatic nitrogens is 3. The number of carbonyl (C=O) groups excluding carboxylic acids is 2. The highest BCUT2D eigenvalue weighted by Crippen LogP contribution is 2.33. The Bertz CT molecular complexity index is 974. The molecule has 0 unspecified atom stereocenters. The van der Waals surface area contributed by atoms with Crippen LogP contribution >= 0.6 is 0 Å². The van der Waals surface area contributed by atoms with Gasteiger partial charge < -0.3 is 4.74 Å². The number of fused-ring (bicyclic) bond motifs is 1. The number of benzene rings is 1. The van der Waals surface area contributed by atoms with Gasteiger partial charge in [-0.25, -0.2) is 4.79 Å². The third kappa shape index (κ3) is 2.95. The fourth-order valence-electron chi connectivity index (χ4n) is 2.97. The second-order valence-electron chi connectivity index (χ2n) is 7.00. The van der Waals surface area contributed by atoms with Crippen molar-refractivity contribution in [2.75, 3.05) is 0 Å². The average molecular weight is 339 g/mol. The van der Waals surface area contributed by atoms with Gasteiger partial charge in [0.25, 0.3) is 0 Å². The van der Waals surface area contributed by atoms with Crippen LogP contribution in [0.25, 0.3) is 22.2 Å². The topological polar surface area (TPSA) is 66.1 Å². The van der Waals surface area contributed by atoms with Crippen LogP contribution < -0.4 is 0 Å². The van der Waals surface area contributed by atoms with Crippen molar-refractivity contribution in [2.45, 2.75) is 33.3 Å². The highest BCUT2D eigenvalue weighted by atomic mass is 16.6. The molecule has 0 aliphatic carbocycles. The molecule has 0 aliphatic rings. The number of hydrogen-bond donors (Lipinski definition) is 0. The van der Waals surface area contributed by atoms with Crippen LogP contribution in [-0.4, -0.2) is 32.3 Å². The van der Waals surface area contributed by atoms with E-state index >= 15 is 0 Å². The number of aryl methyl sites for hydroxylation is 2. The zero-order valence-electron chi connectivity index (χ0n) is 15.0. The van der Waals surface area contributed by atoms with Gasteiger partial charge in [-0.1, -0.05) is 18.2 Å². The Morgan fingerprint density at radius 2 is 1.92 bits per heavy atom. The first-order chi connectivity index (χ1) is 11.7. The molecule has 2 heterocycles. The molecule has 3 rings (SSSR count). The number of para-hydroxylation sites is 1. The summed E-state index contributed by atoms with van der Waals surface area (Å²) in [6.07, 6.45) is 2.06. The molecule has 6 heteroatoms. The normalized spacial score (nSPS) is 11.7. The lowest BCUT2D eigenvalue weighted by atomic mass is 10.1. The minimum atomic E-state index is -0.598. The summed E-state index contributed by atoms with van der Waals surface area (Å²) in [5, 5.41) is 5.20. The molecule has 0 saturated carbocycles. The van der Waals surface area contributed by atoms with Crippen LogP contribution in [0.15, 0.2) is 30.5 Å². The predicted molar refractivity (Wildman–Crippen MR) is 95.9 cm³/mol. The second kappa shape index (κ2) is 5.88. The van der Waals surface area contributed by atoms with Crippen LogP contribution in [0.4, 0.5) is 4.79 Å². The van der Waals surface area contributed by atoms with Gasteiger partial charge in [0.1, 0.15) is 5.60 Å². The fraction of sp³-hybridized carbons (Fsp3) is 0.316. The van der Waals surface area contributed by atoms with Crippen molar-refractivity contribution in [1.82, 2.24) is 14.3 Å². The van der Waals surface area contributed by atoms with Crippen molar-refractivity contribution >= 4 is 23.3 Å². The highest BCUT2D eigenvalue weighted by molar-refractivity contribution is 6.03. The summed E-state index contributed by atoms with van der Waals surface area (Å²) >= 11 is 0. The summed E-state index contributed by atoms with van der Waals surface area (Å²) in [7, 11) is 1.79. The van der Waals surface area contributed by atoms with Crippen molar-refractivity contribution in [3.05, 3.63) is 41.7 Å². The summed E-state index contributed by atoms with van der Waals surface area (Å²) in [4.78, 5) is 24.2. The second-order valence-corrected chi connectivity index (χ2v) is 7.00. The minimum Gasteiger partial charge on any atom is -0.443 e. The number of carbonyl (C=O) groups is 2. The first-order valence-electron chi connectivity index (χ1n) is 8.05. The van der Waals surface area contributed by atoms with Crippen molar-refractivity contribution in [2.24, 2.45) is 7.05 Å². The molecule has 0 radical (unpaired) electrons. The van der Waals surface area contributed by atoms with Gasteiger partial charge in [0, 0.05) is 24.2 Å². The van der Waals surface area contributed by atoms with E-state index in [1.165, 1.54) is 4.57 Å². The molecule has 1 aromatic carbocycles. The Morgan fingerprint density at radius 1 is 1.24 bits per heavy atom. The number of aldehydes is 1. The number of ether oxygens (including phenoxy) is 1. The van der Waals surface area contributed by atoms with Crippen molar-refractivity contribution < 1.29 is 14.3 Å². The van der Waals surface area contributed by atoms with Crippen LogP contribution in [0.1, 0.15) is 36.8 Å². The third-order valence-corrected chi connectivity index (χ3v) is 3.94. The van der Waals surface area contributed by atoms with Gasteiger partial charge in [-0.3, -0.25) is 14.0 Å². The lowest BCUT2D eigenvalue weighted by molar-refractivity contribution is 0.0544. The smallest absolute Gasteiger partial charge is 0.419 e. The van der Waals surface area contributed by atoms with Gasteiger partial charge in [0.05, 0.1) is 22.5 Å². The molecular weight excluding hydrogens is 318 g/mol. The molecule has 0 bridgehead atoms. The average Bonchev–Trinajstić information content (AvgIpc) is 3.02.